The zero-order chi connectivity index (χ0) is 44.5. The van der Waals surface area contributed by atoms with Crippen molar-refractivity contribution in [3.05, 3.63) is 161 Å². The Kier molecular flexibility index (Phi) is 7.56. The number of hydrogen-bond donors (Lipinski definition) is 1. The highest BCUT2D eigenvalue weighted by Gasteiger charge is 2.38. The van der Waals surface area contributed by atoms with Crippen molar-refractivity contribution in [3.8, 4) is 22.3 Å². The van der Waals surface area contributed by atoms with E-state index in [9.17, 15) is 0 Å². The van der Waals surface area contributed by atoms with Crippen LogP contribution in [-0.2, 0) is 11.8 Å². The quantitative estimate of drug-likeness (QED) is 0.192. The van der Waals surface area contributed by atoms with Crippen LogP contribution in [0, 0.1) is 5.92 Å². The molecule has 322 valence electrons. The van der Waals surface area contributed by atoms with Crippen LogP contribution in [0.15, 0.2) is 142 Å². The lowest BCUT2D eigenvalue weighted by Gasteiger charge is -2.40. The SMILES string of the molecule is CC1Cc2cc3c4c(ccc5cc6c(c2c54)=C1N(c1cccc2c4c(oc12)C(NC(C)(C)C)CC=C4)c1ccccc1-6)N(c1cccc2c1oc1c(C(C)(C)C)cccc12)c1ccccc1-3. The molecule has 2 aliphatic carbocycles. The van der Waals surface area contributed by atoms with Crippen LogP contribution in [0.2, 0.25) is 0 Å². The van der Waals surface area contributed by atoms with E-state index in [1.54, 1.807) is 0 Å². The van der Waals surface area contributed by atoms with Crippen LogP contribution >= 0.6 is 0 Å². The van der Waals surface area contributed by atoms with E-state index >= 15 is 0 Å². The van der Waals surface area contributed by atoms with Gasteiger partial charge in [0.25, 0.3) is 0 Å². The van der Waals surface area contributed by atoms with Crippen molar-refractivity contribution in [2.75, 3.05) is 9.80 Å². The van der Waals surface area contributed by atoms with Gasteiger partial charge in [-0.05, 0) is 114 Å². The first kappa shape index (κ1) is 38.2. The van der Waals surface area contributed by atoms with Crippen LogP contribution in [0.5, 0.6) is 0 Å². The van der Waals surface area contributed by atoms with Crippen LogP contribution < -0.4 is 20.3 Å². The number of fused-ring (bicyclic) bond motifs is 10. The van der Waals surface area contributed by atoms with Crippen LogP contribution in [0.3, 0.4) is 0 Å². The third-order valence-corrected chi connectivity index (χ3v) is 14.9. The maximum Gasteiger partial charge on any atom is 0.159 e. The smallest absolute Gasteiger partial charge is 0.159 e. The van der Waals surface area contributed by atoms with E-state index in [-0.39, 0.29) is 22.9 Å². The van der Waals surface area contributed by atoms with E-state index in [1.807, 2.05) is 0 Å². The summed E-state index contributed by atoms with van der Waals surface area (Å²) in [5, 5.41) is 13.9. The molecule has 2 unspecified atom stereocenters. The summed E-state index contributed by atoms with van der Waals surface area (Å²) in [6.45, 7) is 15.9. The first-order chi connectivity index (χ1) is 31.9. The molecule has 0 bridgehead atoms. The number of hydrogen-bond acceptors (Lipinski definition) is 5. The van der Waals surface area contributed by atoms with Crippen LogP contribution in [0.1, 0.15) is 83.4 Å². The summed E-state index contributed by atoms with van der Waals surface area (Å²) < 4.78 is 14.2. The molecule has 0 saturated heterocycles. The standard InChI is InChI=1S/C61H51N3O2/c1-33-30-35-32-42-36-16-8-10-24-46(36)63(49-26-14-20-40-38-18-12-22-44(60(2,3)4)56(38)65-58(40)49)48-29-28-34-31-43-37-17-9-11-25-47(37)64(55(33)54(43)52(35)51(34)53(42)48)50-27-15-21-41-39-19-13-23-45(62-61(5,6)7)57(39)66-59(41)50/h8-22,24-29,31-33,45,62H,23,30H2,1-7H3. The minimum Gasteiger partial charge on any atom is -0.457 e. The van der Waals surface area contributed by atoms with Gasteiger partial charge in [-0.2, -0.15) is 0 Å². The Morgan fingerprint density at radius 2 is 1.21 bits per heavy atom. The molecule has 2 aromatic heterocycles. The van der Waals surface area contributed by atoms with E-state index in [0.717, 1.165) is 62.9 Å². The fourth-order valence-electron chi connectivity index (χ4n) is 12.4. The van der Waals surface area contributed by atoms with E-state index in [2.05, 4.69) is 203 Å². The summed E-state index contributed by atoms with van der Waals surface area (Å²) in [5.41, 5.74) is 18.6. The fourth-order valence-corrected chi connectivity index (χ4v) is 12.4. The summed E-state index contributed by atoms with van der Waals surface area (Å²) in [6, 6.07) is 47.9. The molecule has 2 aliphatic heterocycles. The lowest BCUT2D eigenvalue weighted by molar-refractivity contribution is 0.328. The molecule has 0 fully saturated rings. The second kappa shape index (κ2) is 13.0. The number of nitrogens with one attached hydrogen (secondary N) is 1. The van der Waals surface area contributed by atoms with E-state index in [0.29, 0.717) is 0 Å². The highest BCUT2D eigenvalue weighted by atomic mass is 16.3. The maximum absolute atomic E-state index is 7.15. The van der Waals surface area contributed by atoms with Crippen molar-refractivity contribution in [1.29, 1.82) is 0 Å². The van der Waals surface area contributed by atoms with Gasteiger partial charge < -0.3 is 24.0 Å². The topological polar surface area (TPSA) is 44.8 Å². The van der Waals surface area contributed by atoms with Gasteiger partial charge in [-0.25, -0.2) is 0 Å². The zero-order valence-corrected chi connectivity index (χ0v) is 38.6. The van der Waals surface area contributed by atoms with Gasteiger partial charge in [-0.1, -0.05) is 125 Å². The van der Waals surface area contributed by atoms with E-state index < -0.39 is 0 Å². The molecule has 5 nitrogen and oxygen atoms in total. The average molecular weight is 858 g/mol. The van der Waals surface area contributed by atoms with Gasteiger partial charge in [0.2, 0.25) is 0 Å². The molecule has 66 heavy (non-hydrogen) atoms. The zero-order valence-electron chi connectivity index (χ0n) is 38.6. The molecule has 10 aromatic rings. The van der Waals surface area contributed by atoms with E-state index in [4.69, 9.17) is 8.83 Å². The highest BCUT2D eigenvalue weighted by molar-refractivity contribution is 6.27. The molecule has 0 radical (unpaired) electrons. The van der Waals surface area contributed by atoms with Crippen LogP contribution in [0.4, 0.5) is 28.4 Å². The van der Waals surface area contributed by atoms with Gasteiger partial charge in [0.1, 0.15) is 11.3 Å². The predicted molar refractivity (Wildman–Crippen MR) is 276 cm³/mol. The normalized spacial score (nSPS) is 17.4. The Balaban J connectivity index is 1.06. The molecular weight excluding hydrogens is 807 g/mol. The van der Waals surface area contributed by atoms with Gasteiger partial charge >= 0.3 is 0 Å². The molecule has 0 spiro atoms. The molecule has 0 amide bonds. The Morgan fingerprint density at radius 1 is 0.561 bits per heavy atom. The van der Waals surface area contributed by atoms with Crippen LogP contribution in [-0.4, -0.2) is 5.54 Å². The maximum atomic E-state index is 7.15. The van der Waals surface area contributed by atoms with Crippen molar-refractivity contribution in [3.63, 3.8) is 0 Å². The lowest BCUT2D eigenvalue weighted by Crippen LogP contribution is -2.39. The highest BCUT2D eigenvalue weighted by Crippen LogP contribution is 2.57. The monoisotopic (exact) mass is 857 g/mol. The molecule has 1 N–H and O–H groups in total. The number of benzene rings is 8. The van der Waals surface area contributed by atoms with Crippen molar-refractivity contribution < 1.29 is 8.83 Å². The molecule has 4 aliphatic rings. The molecule has 14 rings (SSSR count). The summed E-state index contributed by atoms with van der Waals surface area (Å²) >= 11 is 0. The summed E-state index contributed by atoms with van der Waals surface area (Å²) in [7, 11) is 0. The van der Waals surface area contributed by atoms with Crippen molar-refractivity contribution in [2.24, 2.45) is 5.92 Å². The minimum atomic E-state index is -0.0699. The van der Waals surface area contributed by atoms with Crippen molar-refractivity contribution >= 4 is 94.7 Å². The second-order valence-corrected chi connectivity index (χ2v) is 21.3. The predicted octanol–water partition coefficient (Wildman–Crippen LogP) is 16.1. The van der Waals surface area contributed by atoms with E-state index in [1.165, 1.54) is 88.5 Å². The first-order valence-electron chi connectivity index (χ1n) is 23.8. The summed E-state index contributed by atoms with van der Waals surface area (Å²) in [5.74, 6) is 1.26. The number of rotatable bonds is 3. The lowest BCUT2D eigenvalue weighted by atomic mass is 9.76. The van der Waals surface area contributed by atoms with Gasteiger partial charge in [-0.3, -0.25) is 0 Å². The third-order valence-electron chi connectivity index (χ3n) is 14.9. The minimum absolute atomic E-state index is 0.0558. The third kappa shape index (κ3) is 5.09. The number of anilines is 5. The second-order valence-electron chi connectivity index (χ2n) is 21.3. The number of para-hydroxylation sites is 5. The summed E-state index contributed by atoms with van der Waals surface area (Å²) in [6.07, 6.45) is 6.40. The van der Waals surface area contributed by atoms with Crippen LogP contribution in [0.25, 0.3) is 88.5 Å². The number of nitrogens with zero attached hydrogens (tertiary/aromatic N) is 2. The molecule has 4 heterocycles. The van der Waals surface area contributed by atoms with Crippen molar-refractivity contribution in [2.45, 2.75) is 78.3 Å². The fraction of sp³-hybridized carbons (Fsp3) is 0.213. The largest absolute Gasteiger partial charge is 0.457 e. The van der Waals surface area contributed by atoms with Gasteiger partial charge in [0, 0.05) is 66.2 Å². The molecule has 8 aromatic carbocycles. The Hall–Kier alpha value is -7.08. The van der Waals surface area contributed by atoms with Crippen molar-refractivity contribution in [1.82, 2.24) is 5.32 Å². The first-order valence-corrected chi connectivity index (χ1v) is 23.8. The number of furan rings is 2. The van der Waals surface area contributed by atoms with Gasteiger partial charge in [0.05, 0.1) is 34.5 Å². The molecule has 0 saturated carbocycles. The Morgan fingerprint density at radius 3 is 1.97 bits per heavy atom. The Bertz CT molecular complexity index is 3870. The van der Waals surface area contributed by atoms with Gasteiger partial charge in [-0.15, -0.1) is 0 Å². The molecule has 5 heteroatoms. The summed E-state index contributed by atoms with van der Waals surface area (Å²) in [4.78, 5) is 5.05. The van der Waals surface area contributed by atoms with Gasteiger partial charge in [0.15, 0.2) is 11.2 Å². The molecule has 2 atom stereocenters. The average Bonchev–Trinajstić information content (AvgIpc) is 3.89. The molecular formula is C61H51N3O2. The Labute approximate surface area is 384 Å².